The lowest BCUT2D eigenvalue weighted by Gasteiger charge is -2.26. The van der Waals surface area contributed by atoms with Crippen LogP contribution in [-0.4, -0.2) is 22.1 Å². The normalized spacial score (nSPS) is 24.4. The fourth-order valence-corrected chi connectivity index (χ4v) is 2.65. The molecule has 0 radical (unpaired) electrons. The summed E-state index contributed by atoms with van der Waals surface area (Å²) in [5, 5.41) is 0.295. The second kappa shape index (κ2) is 5.55. The molecule has 2 aliphatic rings. The van der Waals surface area contributed by atoms with E-state index >= 15 is 0 Å². The first-order valence-corrected chi connectivity index (χ1v) is 7.01. The van der Waals surface area contributed by atoms with Gasteiger partial charge in [0.1, 0.15) is 22.8 Å². The zero-order chi connectivity index (χ0) is 15.0. The average molecular weight is 323 g/mol. The Labute approximate surface area is 131 Å². The number of halogens is 2. The minimum Gasteiger partial charge on any atom is -0.311 e. The highest BCUT2D eigenvalue weighted by molar-refractivity contribution is 6.75. The highest BCUT2D eigenvalue weighted by atomic mass is 35.5. The Hall–Kier alpha value is -1.76. The minimum atomic E-state index is -0.485. The number of aryl methyl sites for hydroxylation is 1. The Morgan fingerprint density at radius 2 is 1.81 bits per heavy atom. The second-order valence-corrected chi connectivity index (χ2v) is 5.40. The van der Waals surface area contributed by atoms with Gasteiger partial charge in [-0.05, 0) is 24.1 Å². The van der Waals surface area contributed by atoms with Gasteiger partial charge in [-0.2, -0.15) is 0 Å². The molecule has 6 nitrogen and oxygen atoms in total. The summed E-state index contributed by atoms with van der Waals surface area (Å²) in [5.74, 6) is 5.97. The molecule has 2 aliphatic heterocycles. The van der Waals surface area contributed by atoms with Crippen LogP contribution in [0.1, 0.15) is 17.3 Å². The molecule has 0 spiro atoms. The first kappa shape index (κ1) is 14.2. The number of rotatable bonds is 1. The van der Waals surface area contributed by atoms with E-state index in [0.717, 1.165) is 11.1 Å². The maximum atomic E-state index is 6.10. The van der Waals surface area contributed by atoms with Crippen LogP contribution in [-0.2, 0) is 0 Å². The summed E-state index contributed by atoms with van der Waals surface area (Å²) in [7, 11) is 0. The summed E-state index contributed by atoms with van der Waals surface area (Å²) < 4.78 is 0. The largest absolute Gasteiger partial charge is 0.311 e. The lowest BCUT2D eigenvalue weighted by molar-refractivity contribution is 0.731. The van der Waals surface area contributed by atoms with Gasteiger partial charge in [0.2, 0.25) is 5.29 Å². The molecule has 2 unspecified atom stereocenters. The Bertz CT molecular complexity index is 689. The van der Waals surface area contributed by atoms with Crippen molar-refractivity contribution in [2.75, 3.05) is 0 Å². The number of nitrogens with two attached hydrogens (primary N) is 1. The molecule has 0 saturated heterocycles. The van der Waals surface area contributed by atoms with E-state index < -0.39 is 12.1 Å². The summed E-state index contributed by atoms with van der Waals surface area (Å²) in [5.41, 5.74) is 4.65. The van der Waals surface area contributed by atoms with Crippen molar-refractivity contribution < 1.29 is 0 Å². The quantitative estimate of drug-likeness (QED) is 0.471. The van der Waals surface area contributed by atoms with Gasteiger partial charge in [-0.3, -0.25) is 0 Å². The maximum Gasteiger partial charge on any atom is 0.225 e. The predicted molar refractivity (Wildman–Crippen MR) is 86.2 cm³/mol. The number of aliphatic imine (C=N–C) groups is 4. The molecule has 0 aliphatic carbocycles. The molecule has 2 atom stereocenters. The number of fused-ring (bicyclic) bond motifs is 1. The monoisotopic (exact) mass is 322 g/mol. The highest BCUT2D eigenvalue weighted by Crippen LogP contribution is 2.29. The Balaban J connectivity index is 2.03. The SMILES string of the molecule is Cc1ccc(C2N=C3N=C(Cl)N=C(Cl)C3C(NN)=N2)cc1. The second-order valence-electron chi connectivity index (χ2n) is 4.68. The molecule has 3 N–H and O–H groups in total. The highest BCUT2D eigenvalue weighted by Gasteiger charge is 2.34. The number of amidine groups is 3. The zero-order valence-electron chi connectivity index (χ0n) is 11.1. The summed E-state index contributed by atoms with van der Waals surface area (Å²) in [6, 6.07) is 7.92. The van der Waals surface area contributed by atoms with Crippen LogP contribution in [0.4, 0.5) is 0 Å². The number of hydrogen-bond donors (Lipinski definition) is 2. The van der Waals surface area contributed by atoms with Gasteiger partial charge in [-0.15, -0.1) is 0 Å². The van der Waals surface area contributed by atoms with Crippen LogP contribution in [0.3, 0.4) is 0 Å². The molecule has 108 valence electrons. The molecule has 0 bridgehead atoms. The van der Waals surface area contributed by atoms with E-state index in [1.54, 1.807) is 0 Å². The molecular weight excluding hydrogens is 311 g/mol. The lowest BCUT2D eigenvalue weighted by Crippen LogP contribution is -2.45. The molecule has 3 rings (SSSR count). The number of benzene rings is 1. The number of nitrogens with zero attached hydrogens (tertiary/aromatic N) is 4. The Kier molecular flexibility index (Phi) is 3.75. The van der Waals surface area contributed by atoms with E-state index in [2.05, 4.69) is 25.4 Å². The molecule has 0 aromatic heterocycles. The van der Waals surface area contributed by atoms with Crippen LogP contribution in [0, 0.1) is 12.8 Å². The van der Waals surface area contributed by atoms with Gasteiger partial charge in [0.15, 0.2) is 6.17 Å². The topological polar surface area (TPSA) is 87.5 Å². The summed E-state index contributed by atoms with van der Waals surface area (Å²) in [6.45, 7) is 2.02. The molecule has 21 heavy (non-hydrogen) atoms. The smallest absolute Gasteiger partial charge is 0.225 e. The number of hydrazine groups is 1. The van der Waals surface area contributed by atoms with Gasteiger partial charge in [0.25, 0.3) is 0 Å². The van der Waals surface area contributed by atoms with Gasteiger partial charge in [-0.1, -0.05) is 41.4 Å². The molecule has 8 heteroatoms. The zero-order valence-corrected chi connectivity index (χ0v) is 12.6. The van der Waals surface area contributed by atoms with E-state index in [1.165, 1.54) is 0 Å². The first-order chi connectivity index (χ1) is 10.1. The minimum absolute atomic E-state index is 0.0518. The van der Waals surface area contributed by atoms with Crippen LogP contribution in [0.25, 0.3) is 0 Å². The maximum absolute atomic E-state index is 6.10. The van der Waals surface area contributed by atoms with Crippen molar-refractivity contribution >= 4 is 45.3 Å². The van der Waals surface area contributed by atoms with Crippen LogP contribution in [0.5, 0.6) is 0 Å². The average Bonchev–Trinajstić information content (AvgIpc) is 2.46. The van der Waals surface area contributed by atoms with Gasteiger partial charge >= 0.3 is 0 Å². The van der Waals surface area contributed by atoms with E-state index in [-0.39, 0.29) is 10.5 Å². The van der Waals surface area contributed by atoms with Crippen LogP contribution in [0.2, 0.25) is 0 Å². The third-order valence-electron chi connectivity index (χ3n) is 3.22. The van der Waals surface area contributed by atoms with Gasteiger partial charge < -0.3 is 5.43 Å². The van der Waals surface area contributed by atoms with Crippen molar-refractivity contribution in [2.24, 2.45) is 31.7 Å². The molecule has 0 saturated carbocycles. The van der Waals surface area contributed by atoms with E-state index in [9.17, 15) is 0 Å². The van der Waals surface area contributed by atoms with E-state index in [4.69, 9.17) is 29.0 Å². The fraction of sp³-hybridized carbons (Fsp3) is 0.231. The molecule has 0 amide bonds. The van der Waals surface area contributed by atoms with E-state index in [0.29, 0.717) is 11.7 Å². The summed E-state index contributed by atoms with van der Waals surface area (Å²) in [6.07, 6.45) is -0.432. The standard InChI is InChI=1S/C13H12Cl2N6/c1-6-2-4-7(5-3-6)10-18-11-8(12(19-10)21-16)9(14)17-13(15)20-11/h2-5,8,10H,16H2,1H3,(H,19,21). The van der Waals surface area contributed by atoms with Crippen molar-refractivity contribution in [2.45, 2.75) is 13.1 Å². The molecule has 1 aromatic rings. The van der Waals surface area contributed by atoms with Crippen LogP contribution >= 0.6 is 23.2 Å². The molecule has 2 heterocycles. The molecule has 0 fully saturated rings. The Morgan fingerprint density at radius 3 is 2.48 bits per heavy atom. The van der Waals surface area contributed by atoms with Gasteiger partial charge in [0, 0.05) is 0 Å². The number of nitrogens with one attached hydrogen (secondary N) is 1. The predicted octanol–water partition coefficient (Wildman–Crippen LogP) is 2.13. The summed E-state index contributed by atoms with van der Waals surface area (Å²) >= 11 is 11.9. The number of hydrogen-bond acceptors (Lipinski definition) is 6. The third kappa shape index (κ3) is 2.70. The van der Waals surface area contributed by atoms with Crippen molar-refractivity contribution in [3.05, 3.63) is 35.4 Å². The van der Waals surface area contributed by atoms with Crippen LogP contribution < -0.4 is 11.3 Å². The van der Waals surface area contributed by atoms with Crippen LogP contribution in [0.15, 0.2) is 44.2 Å². The van der Waals surface area contributed by atoms with Gasteiger partial charge in [0.05, 0.1) is 0 Å². The van der Waals surface area contributed by atoms with E-state index in [1.807, 2.05) is 31.2 Å². The fourth-order valence-electron chi connectivity index (χ4n) is 2.15. The molecular formula is C13H12Cl2N6. The first-order valence-electron chi connectivity index (χ1n) is 6.25. The van der Waals surface area contributed by atoms with Crippen molar-refractivity contribution in [1.82, 2.24) is 5.43 Å². The summed E-state index contributed by atoms with van der Waals surface area (Å²) in [4.78, 5) is 17.0. The van der Waals surface area contributed by atoms with Gasteiger partial charge in [-0.25, -0.2) is 25.8 Å². The van der Waals surface area contributed by atoms with Crippen molar-refractivity contribution in [3.63, 3.8) is 0 Å². The van der Waals surface area contributed by atoms with Crippen molar-refractivity contribution in [1.29, 1.82) is 0 Å². The molecule has 1 aromatic carbocycles. The van der Waals surface area contributed by atoms with Crippen molar-refractivity contribution in [3.8, 4) is 0 Å². The lowest BCUT2D eigenvalue weighted by atomic mass is 10.0. The Morgan fingerprint density at radius 1 is 1.10 bits per heavy atom. The third-order valence-corrected chi connectivity index (χ3v) is 3.69.